The lowest BCUT2D eigenvalue weighted by Crippen LogP contribution is -2.15. The molecule has 0 aliphatic heterocycles. The minimum Gasteiger partial charge on any atom is -0.456 e. The molecule has 0 saturated heterocycles. The molecule has 306 valence electrons. The molecule has 2 aromatic heterocycles. The highest BCUT2D eigenvalue weighted by Crippen LogP contribution is 2.53. The average Bonchev–Trinajstić information content (AvgIpc) is 3.85. The number of aromatic nitrogens is 1. The largest absolute Gasteiger partial charge is 0.456 e. The maximum atomic E-state index is 6.34. The molecule has 0 amide bonds. The predicted molar refractivity (Wildman–Crippen MR) is 279 cm³/mol. The van der Waals surface area contributed by atoms with Crippen molar-refractivity contribution in [2.75, 3.05) is 0 Å². The number of benzene rings is 12. The van der Waals surface area contributed by atoms with Gasteiger partial charge in [-0.1, -0.05) is 172 Å². The molecule has 0 unspecified atom stereocenters. The lowest BCUT2D eigenvalue weighted by Gasteiger charge is -2.22. The van der Waals surface area contributed by atoms with Crippen LogP contribution in [0.5, 0.6) is 0 Å². The van der Waals surface area contributed by atoms with Crippen molar-refractivity contribution in [2.45, 2.75) is 19.3 Å². The Morgan fingerprint density at radius 1 is 0.348 bits per heavy atom. The molecule has 0 fully saturated rings. The van der Waals surface area contributed by atoms with Gasteiger partial charge in [-0.15, -0.1) is 0 Å². The van der Waals surface area contributed by atoms with E-state index in [2.05, 4.69) is 208 Å². The Morgan fingerprint density at radius 2 is 0.924 bits per heavy atom. The second kappa shape index (κ2) is 12.9. The van der Waals surface area contributed by atoms with Gasteiger partial charge in [-0.2, -0.15) is 0 Å². The minimum atomic E-state index is -0.102. The zero-order valence-electron chi connectivity index (χ0n) is 36.4. The first-order chi connectivity index (χ1) is 32.5. The van der Waals surface area contributed by atoms with Crippen molar-refractivity contribution < 1.29 is 4.42 Å². The van der Waals surface area contributed by atoms with E-state index in [1.807, 2.05) is 6.07 Å². The Morgan fingerprint density at radius 3 is 1.68 bits per heavy atom. The van der Waals surface area contributed by atoms with Gasteiger partial charge in [-0.3, -0.25) is 4.98 Å². The number of para-hydroxylation sites is 1. The number of hydrogen-bond acceptors (Lipinski definition) is 2. The molecular weight excluding hydrogens is 799 g/mol. The Kier molecular flexibility index (Phi) is 7.05. The lowest BCUT2D eigenvalue weighted by atomic mass is 9.81. The molecule has 66 heavy (non-hydrogen) atoms. The van der Waals surface area contributed by atoms with Gasteiger partial charge in [0.15, 0.2) is 0 Å². The predicted octanol–water partition coefficient (Wildman–Crippen LogP) is 17.8. The van der Waals surface area contributed by atoms with E-state index in [4.69, 9.17) is 9.40 Å². The van der Waals surface area contributed by atoms with E-state index in [1.165, 1.54) is 114 Å². The smallest absolute Gasteiger partial charge is 0.136 e. The maximum Gasteiger partial charge on any atom is 0.136 e. The Hall–Kier alpha value is -8.33. The third kappa shape index (κ3) is 4.83. The summed E-state index contributed by atoms with van der Waals surface area (Å²) in [6.07, 6.45) is 2.06. The van der Waals surface area contributed by atoms with E-state index in [-0.39, 0.29) is 5.41 Å². The molecule has 0 saturated carbocycles. The van der Waals surface area contributed by atoms with Crippen LogP contribution in [0.3, 0.4) is 0 Å². The first-order valence-electron chi connectivity index (χ1n) is 23.0. The van der Waals surface area contributed by atoms with Crippen LogP contribution >= 0.6 is 0 Å². The van der Waals surface area contributed by atoms with Crippen LogP contribution in [-0.4, -0.2) is 4.98 Å². The van der Waals surface area contributed by atoms with Gasteiger partial charge in [-0.05, 0) is 151 Å². The molecule has 0 bridgehead atoms. The number of pyridine rings is 1. The van der Waals surface area contributed by atoms with Gasteiger partial charge < -0.3 is 4.42 Å². The molecule has 1 aliphatic carbocycles. The van der Waals surface area contributed by atoms with Crippen LogP contribution in [0, 0.1) is 0 Å². The van der Waals surface area contributed by atoms with Crippen molar-refractivity contribution in [3.63, 3.8) is 0 Å². The van der Waals surface area contributed by atoms with Crippen LogP contribution in [0.25, 0.3) is 142 Å². The summed E-state index contributed by atoms with van der Waals surface area (Å²) in [5.41, 5.74) is 14.2. The molecular formula is C64H39NO. The number of fused-ring (bicyclic) bond motifs is 14. The lowest BCUT2D eigenvalue weighted by molar-refractivity contribution is 0.661. The monoisotopic (exact) mass is 837 g/mol. The molecule has 0 N–H and O–H groups in total. The summed E-state index contributed by atoms with van der Waals surface area (Å²) in [5.74, 6) is 0. The second-order valence-electron chi connectivity index (χ2n) is 19.0. The number of hydrogen-bond donors (Lipinski definition) is 0. The molecule has 14 aromatic rings. The van der Waals surface area contributed by atoms with Crippen LogP contribution < -0.4 is 0 Å². The molecule has 1 aliphatic rings. The van der Waals surface area contributed by atoms with Crippen molar-refractivity contribution in [1.29, 1.82) is 0 Å². The van der Waals surface area contributed by atoms with Crippen molar-refractivity contribution in [3.8, 4) is 44.6 Å². The molecule has 15 rings (SSSR count). The van der Waals surface area contributed by atoms with Crippen molar-refractivity contribution in [2.24, 2.45) is 0 Å². The van der Waals surface area contributed by atoms with E-state index in [0.29, 0.717) is 0 Å². The number of nitrogens with zero attached hydrogens (tertiary/aromatic N) is 1. The van der Waals surface area contributed by atoms with Crippen LogP contribution in [0.1, 0.15) is 25.0 Å². The van der Waals surface area contributed by atoms with E-state index >= 15 is 0 Å². The van der Waals surface area contributed by atoms with Gasteiger partial charge in [-0.25, -0.2) is 0 Å². The van der Waals surface area contributed by atoms with Crippen LogP contribution in [0.15, 0.2) is 205 Å². The fourth-order valence-corrected chi connectivity index (χ4v) is 12.0. The normalized spacial score (nSPS) is 13.4. The highest BCUT2D eigenvalue weighted by Gasteiger charge is 2.36. The van der Waals surface area contributed by atoms with Gasteiger partial charge in [0.25, 0.3) is 0 Å². The van der Waals surface area contributed by atoms with Gasteiger partial charge in [0.05, 0.1) is 5.69 Å². The molecule has 0 atom stereocenters. The summed E-state index contributed by atoms with van der Waals surface area (Å²) in [7, 11) is 0. The molecule has 2 heterocycles. The van der Waals surface area contributed by atoms with Crippen molar-refractivity contribution in [1.82, 2.24) is 4.98 Å². The van der Waals surface area contributed by atoms with E-state index in [0.717, 1.165) is 38.8 Å². The van der Waals surface area contributed by atoms with Gasteiger partial charge in [0.2, 0.25) is 0 Å². The highest BCUT2D eigenvalue weighted by molar-refractivity contribution is 6.29. The zero-order valence-corrected chi connectivity index (χ0v) is 36.4. The number of furan rings is 1. The van der Waals surface area contributed by atoms with Crippen LogP contribution in [-0.2, 0) is 5.41 Å². The molecule has 2 nitrogen and oxygen atoms in total. The summed E-state index contributed by atoms with van der Waals surface area (Å²) < 4.78 is 6.34. The second-order valence-corrected chi connectivity index (χ2v) is 19.0. The quantitative estimate of drug-likeness (QED) is 0.166. The van der Waals surface area contributed by atoms with Crippen LogP contribution in [0.2, 0.25) is 0 Å². The SMILES string of the molecule is CC1(C)c2cc(-c3ccc4ccc5c(-c6ccc(-c7ccc8c(c7)c7ccccc7c7cc9oc%10ccccc%10c9cc87)nc6)ccc6ccc3c4c65)ccc2-c2c1ccc1ccccc21. The fraction of sp³-hybridized carbons (Fsp3) is 0.0469. The first kappa shape index (κ1) is 36.1. The summed E-state index contributed by atoms with van der Waals surface area (Å²) in [4.78, 5) is 5.17. The van der Waals surface area contributed by atoms with Gasteiger partial charge >= 0.3 is 0 Å². The standard InChI is InChI=1S/C64H39NO/c1-64(2)56-29-21-36-9-3-4-10-44(36)63(56)51-28-19-39(32-57(51)64)42-23-15-37-18-27-50-43(24-16-38-17-26-49(42)61(37)62(38)50)41-22-30-58(65-35-41)40-20-25-47-52(31-40)45-11-5-6-12-46(45)54-34-60-55(33-53(47)54)48-13-7-8-14-59(48)66-60/h3-35H,1-2H3. The fourth-order valence-electron chi connectivity index (χ4n) is 12.0. The topological polar surface area (TPSA) is 26.0 Å². The van der Waals surface area contributed by atoms with Crippen molar-refractivity contribution >= 4 is 97.3 Å². The summed E-state index contributed by atoms with van der Waals surface area (Å²) >= 11 is 0. The zero-order chi connectivity index (χ0) is 43.4. The van der Waals surface area contributed by atoms with E-state index < -0.39 is 0 Å². The van der Waals surface area contributed by atoms with E-state index in [1.54, 1.807) is 0 Å². The Bertz CT molecular complexity index is 4420. The van der Waals surface area contributed by atoms with Crippen molar-refractivity contribution in [3.05, 3.63) is 211 Å². The summed E-state index contributed by atoms with van der Waals surface area (Å²) in [6.45, 7) is 4.77. The summed E-state index contributed by atoms with van der Waals surface area (Å²) in [5, 5.41) is 19.9. The maximum absolute atomic E-state index is 6.34. The molecule has 0 radical (unpaired) electrons. The van der Waals surface area contributed by atoms with Gasteiger partial charge in [0, 0.05) is 33.5 Å². The third-order valence-electron chi connectivity index (χ3n) is 15.2. The molecule has 2 heteroatoms. The Balaban J connectivity index is 0.835. The van der Waals surface area contributed by atoms with Gasteiger partial charge in [0.1, 0.15) is 11.2 Å². The minimum absolute atomic E-state index is 0.102. The third-order valence-corrected chi connectivity index (χ3v) is 15.2. The number of rotatable bonds is 3. The highest BCUT2D eigenvalue weighted by atomic mass is 16.3. The van der Waals surface area contributed by atoms with Crippen LogP contribution in [0.4, 0.5) is 0 Å². The van der Waals surface area contributed by atoms with E-state index in [9.17, 15) is 0 Å². The average molecular weight is 838 g/mol. The Labute approximate surface area is 380 Å². The molecule has 0 spiro atoms. The first-order valence-corrected chi connectivity index (χ1v) is 23.0. The molecule has 12 aromatic carbocycles. The summed E-state index contributed by atoms with van der Waals surface area (Å²) in [6, 6.07) is 72.0.